The van der Waals surface area contributed by atoms with Crippen molar-refractivity contribution >= 4 is 11.6 Å². The molecule has 6 heteroatoms. The van der Waals surface area contributed by atoms with Gasteiger partial charge in [0.2, 0.25) is 5.75 Å². The number of hydrogen-bond acceptors (Lipinski definition) is 4. The Balaban J connectivity index is 2.12. The van der Waals surface area contributed by atoms with E-state index in [-0.39, 0.29) is 0 Å². The van der Waals surface area contributed by atoms with Crippen LogP contribution in [0, 0.1) is 0 Å². The summed E-state index contributed by atoms with van der Waals surface area (Å²) in [6.07, 6.45) is 1.01. The fraction of sp³-hybridized carbons (Fsp3) is 0.350. The largest absolute Gasteiger partial charge is 0.493 e. The van der Waals surface area contributed by atoms with Gasteiger partial charge in [0.15, 0.2) is 17.5 Å². The van der Waals surface area contributed by atoms with Crippen LogP contribution in [0.5, 0.6) is 17.2 Å². The summed E-state index contributed by atoms with van der Waals surface area (Å²) in [5.41, 5.74) is 9.09. The average molecular weight is 357 g/mol. The fourth-order valence-corrected chi connectivity index (χ4v) is 2.50. The molecule has 0 unspecified atom stereocenters. The summed E-state index contributed by atoms with van der Waals surface area (Å²) in [6.45, 7) is 4.96. The van der Waals surface area contributed by atoms with Crippen molar-refractivity contribution < 1.29 is 14.2 Å². The summed E-state index contributed by atoms with van der Waals surface area (Å²) in [5, 5.41) is 3.09. The molecule has 0 radical (unpaired) electrons. The lowest BCUT2D eigenvalue weighted by molar-refractivity contribution is 0.288. The number of aliphatic imine (C=N–C) groups is 1. The maximum Gasteiger partial charge on any atom is 0.203 e. The van der Waals surface area contributed by atoms with Crippen molar-refractivity contribution in [3.05, 3.63) is 47.5 Å². The van der Waals surface area contributed by atoms with Crippen LogP contribution in [0.15, 0.2) is 41.4 Å². The van der Waals surface area contributed by atoms with Crippen LogP contribution in [0.2, 0.25) is 0 Å². The van der Waals surface area contributed by atoms with Crippen molar-refractivity contribution in [2.24, 2.45) is 10.7 Å². The zero-order valence-corrected chi connectivity index (χ0v) is 15.8. The van der Waals surface area contributed by atoms with Crippen molar-refractivity contribution in [2.45, 2.75) is 26.8 Å². The Kier molecular flexibility index (Phi) is 7.14. The Labute approximate surface area is 155 Å². The third-order valence-electron chi connectivity index (χ3n) is 3.88. The van der Waals surface area contributed by atoms with E-state index in [1.54, 1.807) is 14.2 Å². The maximum atomic E-state index is 5.99. The van der Waals surface area contributed by atoms with Crippen LogP contribution in [0.3, 0.4) is 0 Å². The molecule has 0 atom stereocenters. The first-order chi connectivity index (χ1) is 12.6. The number of nitrogens with two attached hydrogens (primary N) is 1. The highest BCUT2D eigenvalue weighted by molar-refractivity contribution is 5.92. The Hall–Kier alpha value is -2.89. The van der Waals surface area contributed by atoms with Gasteiger partial charge in [-0.15, -0.1) is 0 Å². The third kappa shape index (κ3) is 5.05. The molecule has 0 spiro atoms. The Morgan fingerprint density at radius 2 is 1.62 bits per heavy atom. The molecular weight excluding hydrogens is 330 g/mol. The predicted octanol–water partition coefficient (Wildman–Crippen LogP) is 3.59. The van der Waals surface area contributed by atoms with Gasteiger partial charge >= 0.3 is 0 Å². The average Bonchev–Trinajstić information content (AvgIpc) is 2.67. The van der Waals surface area contributed by atoms with E-state index >= 15 is 0 Å². The van der Waals surface area contributed by atoms with Crippen LogP contribution in [0.1, 0.15) is 25.0 Å². The van der Waals surface area contributed by atoms with E-state index in [9.17, 15) is 0 Å². The van der Waals surface area contributed by atoms with Crippen LogP contribution < -0.4 is 25.3 Å². The number of aryl methyl sites for hydroxylation is 1. The number of rotatable bonds is 8. The molecule has 140 valence electrons. The minimum Gasteiger partial charge on any atom is -0.493 e. The number of benzene rings is 2. The summed E-state index contributed by atoms with van der Waals surface area (Å²) >= 11 is 0. The number of guanidine groups is 1. The summed E-state index contributed by atoms with van der Waals surface area (Å²) in [5.74, 6) is 2.16. The molecule has 2 rings (SSSR count). The summed E-state index contributed by atoms with van der Waals surface area (Å²) in [4.78, 5) is 4.39. The van der Waals surface area contributed by atoms with Crippen LogP contribution in [-0.2, 0) is 13.0 Å². The van der Waals surface area contributed by atoms with E-state index in [0.717, 1.165) is 17.7 Å². The molecule has 0 aromatic heterocycles. The number of ether oxygens (including phenoxy) is 3. The highest BCUT2D eigenvalue weighted by atomic mass is 16.5. The zero-order chi connectivity index (χ0) is 18.9. The second kappa shape index (κ2) is 9.56. The van der Waals surface area contributed by atoms with Crippen molar-refractivity contribution in [3.8, 4) is 17.2 Å². The number of nitrogens with one attached hydrogen (secondary N) is 1. The summed E-state index contributed by atoms with van der Waals surface area (Å²) in [7, 11) is 3.19. The quantitative estimate of drug-likeness (QED) is 0.558. The molecule has 6 nitrogen and oxygen atoms in total. The number of nitrogens with zero attached hydrogens (tertiary/aromatic N) is 1. The minimum atomic E-state index is 0.348. The van der Waals surface area contributed by atoms with Gasteiger partial charge in [-0.25, -0.2) is 4.99 Å². The lowest BCUT2D eigenvalue weighted by Gasteiger charge is -2.15. The molecule has 0 aliphatic carbocycles. The van der Waals surface area contributed by atoms with E-state index in [4.69, 9.17) is 19.9 Å². The lowest BCUT2D eigenvalue weighted by atomic mass is 10.1. The molecule has 3 N–H and O–H groups in total. The lowest BCUT2D eigenvalue weighted by Crippen LogP contribution is -2.22. The number of hydrogen-bond donors (Lipinski definition) is 2. The van der Waals surface area contributed by atoms with Gasteiger partial charge < -0.3 is 25.3 Å². The van der Waals surface area contributed by atoms with Gasteiger partial charge in [-0.2, -0.15) is 0 Å². The SMILES string of the molecule is CCOc1c(OC)cc(CN=C(N)Nc2ccc(CC)cc2)cc1OC. The molecule has 2 aromatic carbocycles. The number of anilines is 1. The van der Waals surface area contributed by atoms with Crippen LogP contribution in [0.4, 0.5) is 5.69 Å². The first-order valence-electron chi connectivity index (χ1n) is 8.64. The van der Waals surface area contributed by atoms with Gasteiger partial charge in [0.25, 0.3) is 0 Å². The van der Waals surface area contributed by atoms with E-state index in [1.165, 1.54) is 5.56 Å². The Morgan fingerprint density at radius 3 is 2.12 bits per heavy atom. The normalized spacial score (nSPS) is 11.2. The molecule has 0 aliphatic rings. The molecule has 0 saturated heterocycles. The van der Waals surface area contributed by atoms with Gasteiger partial charge in [0.1, 0.15) is 0 Å². The zero-order valence-electron chi connectivity index (χ0n) is 15.8. The van der Waals surface area contributed by atoms with Gasteiger partial charge in [-0.05, 0) is 48.7 Å². The van der Waals surface area contributed by atoms with Crippen molar-refractivity contribution in [2.75, 3.05) is 26.1 Å². The fourth-order valence-electron chi connectivity index (χ4n) is 2.50. The van der Waals surface area contributed by atoms with Gasteiger partial charge in [0.05, 0.1) is 27.4 Å². The Morgan fingerprint density at radius 1 is 1.00 bits per heavy atom. The standard InChI is InChI=1S/C20H27N3O3/c1-5-14-7-9-16(10-8-14)23-20(21)22-13-15-11-17(24-3)19(26-6-2)18(12-15)25-4/h7-12H,5-6,13H2,1-4H3,(H3,21,22,23). The molecule has 2 aromatic rings. The van der Waals surface area contributed by atoms with Crippen molar-refractivity contribution in [3.63, 3.8) is 0 Å². The molecule has 0 saturated carbocycles. The van der Waals surface area contributed by atoms with E-state index in [1.807, 2.05) is 31.2 Å². The summed E-state index contributed by atoms with van der Waals surface area (Å²) < 4.78 is 16.4. The highest BCUT2D eigenvalue weighted by Crippen LogP contribution is 2.38. The highest BCUT2D eigenvalue weighted by Gasteiger charge is 2.13. The van der Waals surface area contributed by atoms with Crippen LogP contribution >= 0.6 is 0 Å². The second-order valence-electron chi connectivity index (χ2n) is 5.64. The minimum absolute atomic E-state index is 0.348. The molecule has 26 heavy (non-hydrogen) atoms. The topological polar surface area (TPSA) is 78.1 Å². The van der Waals surface area contributed by atoms with E-state index in [2.05, 4.69) is 29.4 Å². The van der Waals surface area contributed by atoms with Crippen LogP contribution in [-0.4, -0.2) is 26.8 Å². The summed E-state index contributed by atoms with van der Waals surface area (Å²) in [6, 6.07) is 11.9. The van der Waals surface area contributed by atoms with Crippen LogP contribution in [0.25, 0.3) is 0 Å². The van der Waals surface area contributed by atoms with Crippen molar-refractivity contribution in [1.29, 1.82) is 0 Å². The van der Waals surface area contributed by atoms with Gasteiger partial charge in [-0.3, -0.25) is 0 Å². The number of methoxy groups -OCH3 is 2. The smallest absolute Gasteiger partial charge is 0.203 e. The molecule has 0 fully saturated rings. The molecule has 0 heterocycles. The first kappa shape index (κ1) is 19.4. The second-order valence-corrected chi connectivity index (χ2v) is 5.64. The monoisotopic (exact) mass is 357 g/mol. The van der Waals surface area contributed by atoms with Crippen molar-refractivity contribution in [1.82, 2.24) is 0 Å². The maximum absolute atomic E-state index is 5.99. The van der Waals surface area contributed by atoms with Gasteiger partial charge in [-0.1, -0.05) is 19.1 Å². The van der Waals surface area contributed by atoms with Gasteiger partial charge in [0, 0.05) is 5.69 Å². The molecule has 0 amide bonds. The molecular formula is C20H27N3O3. The third-order valence-corrected chi connectivity index (χ3v) is 3.88. The first-order valence-corrected chi connectivity index (χ1v) is 8.64. The van der Waals surface area contributed by atoms with E-state index in [0.29, 0.717) is 36.4 Å². The Bertz CT molecular complexity index is 717. The molecule has 0 bridgehead atoms. The van der Waals surface area contributed by atoms with E-state index < -0.39 is 0 Å². The molecule has 0 aliphatic heterocycles. The predicted molar refractivity (Wildman–Crippen MR) is 105 cm³/mol.